The molecule has 6 nitrogen and oxygen atoms in total. The van der Waals surface area contributed by atoms with Crippen LogP contribution in [0.5, 0.6) is 0 Å². The second-order valence-electron chi connectivity index (χ2n) is 7.81. The van der Waals surface area contributed by atoms with Gasteiger partial charge in [-0.3, -0.25) is 9.69 Å². The minimum atomic E-state index is -0.0191. The molecule has 0 unspecified atom stereocenters. The highest BCUT2D eigenvalue weighted by Gasteiger charge is 2.22. The summed E-state index contributed by atoms with van der Waals surface area (Å²) in [5, 5.41) is 12.8. The summed E-state index contributed by atoms with van der Waals surface area (Å²) in [6.07, 6.45) is 3.14. The van der Waals surface area contributed by atoms with E-state index in [9.17, 15) is 4.79 Å². The molecule has 0 spiro atoms. The number of para-hydroxylation sites is 1. The summed E-state index contributed by atoms with van der Waals surface area (Å²) in [5.41, 5.74) is 2.04. The van der Waals surface area contributed by atoms with Gasteiger partial charge in [0.25, 0.3) is 0 Å². The molecule has 1 N–H and O–H groups in total. The summed E-state index contributed by atoms with van der Waals surface area (Å²) < 4.78 is 2.19. The molecule has 0 saturated carbocycles. The van der Waals surface area contributed by atoms with E-state index < -0.39 is 0 Å². The number of carbonyl (C=O) groups is 1. The Labute approximate surface area is 179 Å². The van der Waals surface area contributed by atoms with E-state index in [0.29, 0.717) is 11.7 Å². The number of thioether (sulfide) groups is 1. The van der Waals surface area contributed by atoms with Crippen molar-refractivity contribution >= 4 is 23.4 Å². The zero-order chi connectivity index (χ0) is 21.4. The number of hydrogen-bond acceptors (Lipinski definition) is 5. The van der Waals surface area contributed by atoms with Gasteiger partial charge in [0.15, 0.2) is 11.0 Å². The fourth-order valence-electron chi connectivity index (χ4n) is 3.39. The summed E-state index contributed by atoms with van der Waals surface area (Å²) in [4.78, 5) is 14.8. The summed E-state index contributed by atoms with van der Waals surface area (Å²) in [6, 6.07) is 8.21. The molecule has 160 valence electrons. The highest BCUT2D eigenvalue weighted by Crippen LogP contribution is 2.27. The van der Waals surface area contributed by atoms with Gasteiger partial charge < -0.3 is 9.88 Å². The second kappa shape index (κ2) is 11.4. The summed E-state index contributed by atoms with van der Waals surface area (Å²) in [6.45, 7) is 9.48. The predicted octanol–water partition coefficient (Wildman–Crippen LogP) is 4.95. The molecule has 0 fully saturated rings. The summed E-state index contributed by atoms with van der Waals surface area (Å²) in [7, 11) is 4.14. The molecule has 2 rings (SSSR count). The molecule has 29 heavy (non-hydrogen) atoms. The minimum Gasteiger partial charge on any atom is -0.325 e. The van der Waals surface area contributed by atoms with Gasteiger partial charge in [-0.1, -0.05) is 64.1 Å². The number of benzene rings is 1. The van der Waals surface area contributed by atoms with Gasteiger partial charge in [0.2, 0.25) is 5.91 Å². The van der Waals surface area contributed by atoms with E-state index in [-0.39, 0.29) is 11.9 Å². The summed E-state index contributed by atoms with van der Waals surface area (Å²) >= 11 is 1.46. The molecule has 0 aliphatic heterocycles. The van der Waals surface area contributed by atoms with Crippen molar-refractivity contribution in [3.05, 3.63) is 35.7 Å². The van der Waals surface area contributed by atoms with Gasteiger partial charge in [-0.05, 0) is 44.5 Å². The number of hydrogen-bond donors (Lipinski definition) is 1. The molecular formula is C22H35N5OS. The van der Waals surface area contributed by atoms with Gasteiger partial charge in [0.05, 0.1) is 11.8 Å². The van der Waals surface area contributed by atoms with Crippen molar-refractivity contribution < 1.29 is 4.79 Å². The van der Waals surface area contributed by atoms with Crippen LogP contribution in [0.4, 0.5) is 5.69 Å². The Morgan fingerprint density at radius 1 is 1.21 bits per heavy atom. The first-order valence-electron chi connectivity index (χ1n) is 10.5. The van der Waals surface area contributed by atoms with Crippen molar-refractivity contribution in [1.29, 1.82) is 0 Å². The smallest absolute Gasteiger partial charge is 0.234 e. The number of aromatic nitrogens is 3. The van der Waals surface area contributed by atoms with E-state index in [4.69, 9.17) is 0 Å². The number of nitrogens with zero attached hydrogens (tertiary/aromatic N) is 4. The van der Waals surface area contributed by atoms with Crippen molar-refractivity contribution in [1.82, 2.24) is 19.7 Å². The van der Waals surface area contributed by atoms with Crippen LogP contribution in [0.1, 0.15) is 70.3 Å². The Bertz CT molecular complexity index is 787. The van der Waals surface area contributed by atoms with Gasteiger partial charge >= 0.3 is 0 Å². The van der Waals surface area contributed by atoms with Crippen molar-refractivity contribution in [2.45, 2.75) is 70.6 Å². The van der Waals surface area contributed by atoms with Gasteiger partial charge in [0, 0.05) is 12.2 Å². The summed E-state index contributed by atoms with van der Waals surface area (Å²) in [5.74, 6) is 1.64. The van der Waals surface area contributed by atoms with Crippen molar-refractivity contribution in [3.8, 4) is 0 Å². The Balaban J connectivity index is 2.11. The van der Waals surface area contributed by atoms with Crippen LogP contribution in [0, 0.1) is 0 Å². The Morgan fingerprint density at radius 3 is 2.55 bits per heavy atom. The average molecular weight is 418 g/mol. The highest BCUT2D eigenvalue weighted by molar-refractivity contribution is 7.99. The van der Waals surface area contributed by atoms with E-state index in [2.05, 4.69) is 72.8 Å². The van der Waals surface area contributed by atoms with Crippen molar-refractivity contribution in [2.24, 2.45) is 0 Å². The first-order valence-corrected chi connectivity index (χ1v) is 11.5. The van der Waals surface area contributed by atoms with Crippen LogP contribution in [-0.2, 0) is 11.3 Å². The second-order valence-corrected chi connectivity index (χ2v) is 8.75. The van der Waals surface area contributed by atoms with Crippen LogP contribution in [0.3, 0.4) is 0 Å². The fourth-order valence-corrected chi connectivity index (χ4v) is 4.16. The lowest BCUT2D eigenvalue weighted by atomic mass is 10.0. The fraction of sp³-hybridized carbons (Fsp3) is 0.591. The van der Waals surface area contributed by atoms with Crippen LogP contribution < -0.4 is 5.32 Å². The van der Waals surface area contributed by atoms with Crippen molar-refractivity contribution in [2.75, 3.05) is 25.2 Å². The SMILES string of the molecule is CCCCn1c(SCC(=O)Nc2ccccc2C(C)C)nnc1[C@@H](CC)N(C)C. The molecule has 7 heteroatoms. The van der Waals surface area contributed by atoms with E-state index in [1.165, 1.54) is 11.8 Å². The molecule has 1 amide bonds. The molecule has 0 saturated heterocycles. The number of anilines is 1. The van der Waals surface area contributed by atoms with Gasteiger partial charge in [-0.25, -0.2) is 0 Å². The topological polar surface area (TPSA) is 63.1 Å². The van der Waals surface area contributed by atoms with Crippen molar-refractivity contribution in [3.63, 3.8) is 0 Å². The molecule has 0 bridgehead atoms. The number of rotatable bonds is 11. The normalized spacial score (nSPS) is 12.6. The first kappa shape index (κ1) is 23.4. The lowest BCUT2D eigenvalue weighted by Gasteiger charge is -2.23. The van der Waals surface area contributed by atoms with Gasteiger partial charge in [-0.2, -0.15) is 0 Å². The zero-order valence-electron chi connectivity index (χ0n) is 18.6. The molecular weight excluding hydrogens is 382 g/mol. The third-order valence-corrected chi connectivity index (χ3v) is 5.94. The molecule has 2 aromatic rings. The number of nitrogens with one attached hydrogen (secondary N) is 1. The number of amides is 1. The molecule has 1 heterocycles. The minimum absolute atomic E-state index is 0.0191. The average Bonchev–Trinajstić information content (AvgIpc) is 3.07. The maximum absolute atomic E-state index is 12.6. The Morgan fingerprint density at radius 2 is 1.93 bits per heavy atom. The zero-order valence-corrected chi connectivity index (χ0v) is 19.4. The monoisotopic (exact) mass is 417 g/mol. The van der Waals surface area contributed by atoms with Crippen LogP contribution in [0.2, 0.25) is 0 Å². The Kier molecular flexibility index (Phi) is 9.17. The molecule has 1 atom stereocenters. The highest BCUT2D eigenvalue weighted by atomic mass is 32.2. The lowest BCUT2D eigenvalue weighted by molar-refractivity contribution is -0.113. The van der Waals surface area contributed by atoms with Gasteiger partial charge in [0.1, 0.15) is 0 Å². The van der Waals surface area contributed by atoms with Crippen LogP contribution in [0.15, 0.2) is 29.4 Å². The number of unbranched alkanes of at least 4 members (excludes halogenated alkanes) is 1. The third-order valence-electron chi connectivity index (χ3n) is 4.98. The maximum Gasteiger partial charge on any atom is 0.234 e. The van der Waals surface area contributed by atoms with E-state index in [1.54, 1.807) is 0 Å². The predicted molar refractivity (Wildman–Crippen MR) is 122 cm³/mol. The molecule has 0 aliphatic carbocycles. The molecule has 0 aliphatic rings. The van der Waals surface area contributed by atoms with Gasteiger partial charge in [-0.15, -0.1) is 10.2 Å². The van der Waals surface area contributed by atoms with E-state index >= 15 is 0 Å². The number of carbonyl (C=O) groups excluding carboxylic acids is 1. The van der Waals surface area contributed by atoms with Crippen LogP contribution in [0.25, 0.3) is 0 Å². The molecule has 0 radical (unpaired) electrons. The first-order chi connectivity index (χ1) is 13.9. The quantitative estimate of drug-likeness (QED) is 0.524. The molecule has 1 aromatic carbocycles. The Hall–Kier alpha value is -1.86. The van der Waals surface area contributed by atoms with Crippen LogP contribution in [-0.4, -0.2) is 45.4 Å². The van der Waals surface area contributed by atoms with E-state index in [1.807, 2.05) is 18.2 Å². The standard InChI is InChI=1S/C22H35N5OS/c1-7-9-14-27-21(19(8-2)26(5)6)24-25-22(27)29-15-20(28)23-18-13-11-10-12-17(18)16(3)4/h10-13,16,19H,7-9,14-15H2,1-6H3,(H,23,28)/t19-/m1/s1. The van der Waals surface area contributed by atoms with E-state index in [0.717, 1.165) is 48.0 Å². The lowest BCUT2D eigenvalue weighted by Crippen LogP contribution is -2.23. The molecule has 1 aromatic heterocycles. The largest absolute Gasteiger partial charge is 0.325 e. The van der Waals surface area contributed by atoms with Crippen LogP contribution >= 0.6 is 11.8 Å². The third kappa shape index (κ3) is 6.31. The maximum atomic E-state index is 12.6.